The molecule has 0 unspecified atom stereocenters. The molecule has 2 rings (SSSR count). The van der Waals surface area contributed by atoms with E-state index >= 15 is 0 Å². The summed E-state index contributed by atoms with van der Waals surface area (Å²) in [7, 11) is -1.00. The van der Waals surface area contributed by atoms with Gasteiger partial charge < -0.3 is 19.7 Å². The number of nitrogens with one attached hydrogen (secondary N) is 1. The molecule has 0 aliphatic carbocycles. The number of hydrogen-bond donors (Lipinski definition) is 1. The summed E-state index contributed by atoms with van der Waals surface area (Å²) in [6.45, 7) is 5.06. The lowest BCUT2D eigenvalue weighted by Crippen LogP contribution is -2.52. The van der Waals surface area contributed by atoms with Gasteiger partial charge in [-0.15, -0.1) is 0 Å². The summed E-state index contributed by atoms with van der Waals surface area (Å²) in [5, 5.41) is 2.90. The van der Waals surface area contributed by atoms with Gasteiger partial charge in [-0.05, 0) is 50.1 Å². The van der Waals surface area contributed by atoms with E-state index in [4.69, 9.17) is 9.47 Å². The topological polar surface area (TPSA) is 105 Å². The van der Waals surface area contributed by atoms with Crippen LogP contribution in [0.15, 0.2) is 46.9 Å². The van der Waals surface area contributed by atoms with Gasteiger partial charge in [-0.25, -0.2) is 8.42 Å². The number of sulfonamides is 1. The van der Waals surface area contributed by atoms with Crippen molar-refractivity contribution in [2.24, 2.45) is 0 Å². The number of halogens is 1. The molecule has 0 bridgehead atoms. The molecule has 0 saturated carbocycles. The van der Waals surface area contributed by atoms with E-state index < -0.39 is 28.5 Å². The number of hydrogen-bond acceptors (Lipinski definition) is 6. The number of benzene rings is 2. The van der Waals surface area contributed by atoms with E-state index in [1.54, 1.807) is 19.1 Å². The Morgan fingerprint density at radius 3 is 2.33 bits per heavy atom. The average Bonchev–Trinajstić information content (AvgIpc) is 2.84. The van der Waals surface area contributed by atoms with E-state index in [-0.39, 0.29) is 29.9 Å². The second-order valence-electron chi connectivity index (χ2n) is 8.45. The fourth-order valence-corrected chi connectivity index (χ4v) is 4.77. The Balaban J connectivity index is 2.46. The second-order valence-corrected chi connectivity index (χ2v) is 11.3. The Morgan fingerprint density at radius 1 is 1.08 bits per heavy atom. The van der Waals surface area contributed by atoms with Gasteiger partial charge in [0.2, 0.25) is 21.8 Å². The third kappa shape index (κ3) is 7.86. The Labute approximate surface area is 221 Å². The van der Waals surface area contributed by atoms with Crippen LogP contribution in [0.2, 0.25) is 0 Å². The molecule has 0 aliphatic rings. The number of carbonyl (C=O) groups excluding carboxylic acids is 2. The minimum absolute atomic E-state index is 0.0705. The second kappa shape index (κ2) is 13.0. The van der Waals surface area contributed by atoms with Gasteiger partial charge >= 0.3 is 0 Å². The number of nitrogens with zero attached hydrogens (tertiary/aromatic N) is 2. The van der Waals surface area contributed by atoms with Crippen LogP contribution < -0.4 is 19.1 Å². The highest BCUT2D eigenvalue weighted by Crippen LogP contribution is 2.33. The first kappa shape index (κ1) is 29.4. The van der Waals surface area contributed by atoms with Crippen molar-refractivity contribution in [2.75, 3.05) is 31.3 Å². The summed E-state index contributed by atoms with van der Waals surface area (Å²) in [5.74, 6) is -0.152. The maximum Gasteiger partial charge on any atom is 0.244 e. The van der Waals surface area contributed by atoms with Gasteiger partial charge in [0.25, 0.3) is 0 Å². The molecule has 2 atom stereocenters. The van der Waals surface area contributed by atoms with Gasteiger partial charge in [-0.3, -0.25) is 13.9 Å². The van der Waals surface area contributed by atoms with Crippen LogP contribution >= 0.6 is 15.9 Å². The molecule has 11 heteroatoms. The van der Waals surface area contributed by atoms with E-state index in [0.29, 0.717) is 5.75 Å². The first-order valence-corrected chi connectivity index (χ1v) is 14.1. The van der Waals surface area contributed by atoms with E-state index in [2.05, 4.69) is 21.2 Å². The number of ether oxygens (including phenoxy) is 2. The van der Waals surface area contributed by atoms with Gasteiger partial charge in [0, 0.05) is 23.1 Å². The van der Waals surface area contributed by atoms with Gasteiger partial charge in [-0.1, -0.05) is 35.0 Å². The van der Waals surface area contributed by atoms with Gasteiger partial charge in [0.15, 0.2) is 0 Å². The lowest BCUT2D eigenvalue weighted by atomic mass is 10.1. The van der Waals surface area contributed by atoms with E-state index in [1.807, 2.05) is 38.1 Å². The highest BCUT2D eigenvalue weighted by Gasteiger charge is 2.31. The molecule has 2 aromatic rings. The van der Waals surface area contributed by atoms with Crippen molar-refractivity contribution in [1.82, 2.24) is 10.2 Å². The Kier molecular flexibility index (Phi) is 10.6. The van der Waals surface area contributed by atoms with Crippen LogP contribution in [0.3, 0.4) is 0 Å². The lowest BCUT2D eigenvalue weighted by Gasteiger charge is -2.32. The smallest absolute Gasteiger partial charge is 0.244 e. The van der Waals surface area contributed by atoms with Crippen LogP contribution in [-0.2, 0) is 26.2 Å². The molecule has 198 valence electrons. The molecule has 0 saturated heterocycles. The minimum Gasteiger partial charge on any atom is -0.497 e. The first-order chi connectivity index (χ1) is 16.9. The summed E-state index contributed by atoms with van der Waals surface area (Å²) in [6.07, 6.45) is 1.75. The van der Waals surface area contributed by atoms with Crippen molar-refractivity contribution in [3.05, 3.63) is 52.5 Å². The van der Waals surface area contributed by atoms with Crippen LogP contribution in [0, 0.1) is 0 Å². The molecule has 9 nitrogen and oxygen atoms in total. The van der Waals surface area contributed by atoms with E-state index in [9.17, 15) is 18.0 Å². The molecule has 0 radical (unpaired) electrons. The number of amides is 2. The maximum absolute atomic E-state index is 13.6. The van der Waals surface area contributed by atoms with E-state index in [0.717, 1.165) is 27.0 Å². The number of anilines is 1. The molecule has 2 amide bonds. The summed E-state index contributed by atoms with van der Waals surface area (Å²) >= 11 is 3.43. The molecule has 0 spiro atoms. The molecule has 0 aromatic heterocycles. The third-order valence-corrected chi connectivity index (χ3v) is 7.36. The Morgan fingerprint density at radius 2 is 1.78 bits per heavy atom. The summed E-state index contributed by atoms with van der Waals surface area (Å²) in [4.78, 5) is 28.0. The summed E-state index contributed by atoms with van der Waals surface area (Å²) in [5.41, 5.74) is 0.974. The van der Waals surface area contributed by atoms with Gasteiger partial charge in [0.1, 0.15) is 24.1 Å². The molecule has 36 heavy (non-hydrogen) atoms. The first-order valence-electron chi connectivity index (χ1n) is 11.4. The average molecular weight is 585 g/mol. The molecule has 1 N–H and O–H groups in total. The fraction of sp³-hybridized carbons (Fsp3) is 0.440. The zero-order valence-corrected chi connectivity index (χ0v) is 23.9. The maximum atomic E-state index is 13.6. The normalized spacial score (nSPS) is 12.9. The van der Waals surface area contributed by atoms with Crippen molar-refractivity contribution < 1.29 is 27.5 Å². The Hall–Kier alpha value is -2.79. The lowest BCUT2D eigenvalue weighted by molar-refractivity contribution is -0.139. The predicted octanol–water partition coefficient (Wildman–Crippen LogP) is 3.56. The summed E-state index contributed by atoms with van der Waals surface area (Å²) < 4.78 is 37.9. The standard InChI is InChI=1S/C25H34BrN3O6S/c1-7-17(2)27-25(31)18(3)28(15-19-9-8-10-20(26)13-19)24(30)16-29(36(6,32)33)22-12-11-21(34-4)14-23(22)35-5/h8-14,17-18H,7,15-16H2,1-6H3,(H,27,31)/t17-,18+/m1/s1. The number of rotatable bonds is 12. The monoisotopic (exact) mass is 583 g/mol. The molecular formula is C25H34BrN3O6S. The van der Waals surface area contributed by atoms with Gasteiger partial charge in [-0.2, -0.15) is 0 Å². The number of carbonyl (C=O) groups is 2. The molecule has 2 aromatic carbocycles. The van der Waals surface area contributed by atoms with Crippen LogP contribution in [0.5, 0.6) is 11.5 Å². The van der Waals surface area contributed by atoms with Crippen LogP contribution in [-0.4, -0.2) is 64.2 Å². The molecule has 0 fully saturated rings. The van der Waals surface area contributed by atoms with Crippen LogP contribution in [0.4, 0.5) is 5.69 Å². The minimum atomic E-state index is -3.89. The Bertz CT molecular complexity index is 1170. The van der Waals surface area contributed by atoms with Crippen LogP contribution in [0.1, 0.15) is 32.8 Å². The SMILES string of the molecule is CC[C@@H](C)NC(=O)[C@H](C)N(Cc1cccc(Br)c1)C(=O)CN(c1ccc(OC)cc1OC)S(C)(=O)=O. The van der Waals surface area contributed by atoms with Crippen molar-refractivity contribution in [2.45, 2.75) is 45.8 Å². The van der Waals surface area contributed by atoms with Crippen LogP contribution in [0.25, 0.3) is 0 Å². The van der Waals surface area contributed by atoms with Crippen molar-refractivity contribution in [1.29, 1.82) is 0 Å². The van der Waals surface area contributed by atoms with Gasteiger partial charge in [0.05, 0.1) is 26.2 Å². The molecule has 0 aliphatic heterocycles. The molecular weight excluding hydrogens is 550 g/mol. The predicted molar refractivity (Wildman–Crippen MR) is 144 cm³/mol. The van der Waals surface area contributed by atoms with Crippen molar-refractivity contribution >= 4 is 43.5 Å². The number of methoxy groups -OCH3 is 2. The zero-order valence-electron chi connectivity index (χ0n) is 21.4. The quantitative estimate of drug-likeness (QED) is 0.409. The third-order valence-electron chi connectivity index (χ3n) is 5.75. The van der Waals surface area contributed by atoms with E-state index in [1.165, 1.54) is 25.2 Å². The largest absolute Gasteiger partial charge is 0.497 e. The highest BCUT2D eigenvalue weighted by molar-refractivity contribution is 9.10. The van der Waals surface area contributed by atoms with Crippen molar-refractivity contribution in [3.8, 4) is 11.5 Å². The highest BCUT2D eigenvalue weighted by atomic mass is 79.9. The fourth-order valence-electron chi connectivity index (χ4n) is 3.47. The van der Waals surface area contributed by atoms with Crippen molar-refractivity contribution in [3.63, 3.8) is 0 Å². The molecule has 0 heterocycles. The summed E-state index contributed by atoms with van der Waals surface area (Å²) in [6, 6.07) is 11.1. The zero-order chi connectivity index (χ0) is 27.0.